The molecule has 0 amide bonds. The van der Waals surface area contributed by atoms with Gasteiger partial charge in [0, 0.05) is 30.9 Å². The van der Waals surface area contributed by atoms with E-state index >= 15 is 0 Å². The highest BCUT2D eigenvalue weighted by atomic mass is 19.4. The molecule has 1 fully saturated rings. The van der Waals surface area contributed by atoms with Crippen LogP contribution in [0.15, 0.2) is 18.3 Å². The van der Waals surface area contributed by atoms with Crippen LogP contribution in [0, 0.1) is 0 Å². The lowest BCUT2D eigenvalue weighted by atomic mass is 10.1. The number of morpholine rings is 1. The molecule has 2 rings (SSSR count). The van der Waals surface area contributed by atoms with E-state index in [1.165, 1.54) is 0 Å². The van der Waals surface area contributed by atoms with Gasteiger partial charge in [-0.3, -0.25) is 0 Å². The number of nitrogens with zero attached hydrogens (tertiary/aromatic N) is 1. The molecule has 21 heavy (non-hydrogen) atoms. The lowest BCUT2D eigenvalue weighted by Gasteiger charge is -2.23. The van der Waals surface area contributed by atoms with Gasteiger partial charge in [-0.1, -0.05) is 0 Å². The minimum Gasteiger partial charge on any atom is -0.481 e. The summed E-state index contributed by atoms with van der Waals surface area (Å²) in [7, 11) is 1.61. The first-order valence-corrected chi connectivity index (χ1v) is 5.97. The Morgan fingerprint density at radius 2 is 2.19 bits per heavy atom. The Balaban J connectivity index is 0.000000270. The fourth-order valence-electron chi connectivity index (χ4n) is 1.48. The van der Waals surface area contributed by atoms with Crippen molar-refractivity contribution in [1.82, 2.24) is 10.3 Å². The fourth-order valence-corrected chi connectivity index (χ4v) is 1.48. The molecule has 0 spiro atoms. The maximum Gasteiger partial charge on any atom is 0.490 e. The highest BCUT2D eigenvalue weighted by molar-refractivity contribution is 5.73. The van der Waals surface area contributed by atoms with Crippen molar-refractivity contribution in [2.45, 2.75) is 12.3 Å². The summed E-state index contributed by atoms with van der Waals surface area (Å²) in [5.74, 6) is -2.12. The van der Waals surface area contributed by atoms with Gasteiger partial charge in [0.2, 0.25) is 5.88 Å². The van der Waals surface area contributed by atoms with Crippen molar-refractivity contribution < 1.29 is 32.5 Å². The van der Waals surface area contributed by atoms with Crippen molar-refractivity contribution in [3.63, 3.8) is 0 Å². The summed E-state index contributed by atoms with van der Waals surface area (Å²) in [4.78, 5) is 13.0. The maximum absolute atomic E-state index is 10.6. The van der Waals surface area contributed by atoms with Crippen LogP contribution in [-0.4, -0.2) is 49.0 Å². The Morgan fingerprint density at radius 1 is 1.52 bits per heavy atom. The number of carboxylic acids is 1. The summed E-state index contributed by atoms with van der Waals surface area (Å²) in [6.45, 7) is 2.55. The second kappa shape index (κ2) is 7.79. The number of hydrogen-bond donors (Lipinski definition) is 2. The molecule has 0 aromatic carbocycles. The summed E-state index contributed by atoms with van der Waals surface area (Å²) in [6, 6.07) is 3.84. The van der Waals surface area contributed by atoms with Crippen LogP contribution < -0.4 is 10.1 Å². The summed E-state index contributed by atoms with van der Waals surface area (Å²) in [6.07, 6.45) is -3.15. The first-order chi connectivity index (χ1) is 9.84. The van der Waals surface area contributed by atoms with Crippen LogP contribution in [0.4, 0.5) is 13.2 Å². The van der Waals surface area contributed by atoms with Gasteiger partial charge in [-0.05, 0) is 6.07 Å². The molecule has 1 aromatic rings. The van der Waals surface area contributed by atoms with Crippen LogP contribution in [0.2, 0.25) is 0 Å². The SMILES string of the molecule is COc1ccc(C2CNCCO2)cn1.O=C(O)C(F)(F)F. The Bertz CT molecular complexity index is 445. The second-order valence-electron chi connectivity index (χ2n) is 4.00. The van der Waals surface area contributed by atoms with Crippen LogP contribution >= 0.6 is 0 Å². The summed E-state index contributed by atoms with van der Waals surface area (Å²) >= 11 is 0. The number of halogens is 3. The molecule has 1 aliphatic heterocycles. The predicted octanol–water partition coefficient (Wildman–Crippen LogP) is 1.38. The number of hydrogen-bond acceptors (Lipinski definition) is 5. The number of alkyl halides is 3. The normalized spacial score (nSPS) is 18.4. The van der Waals surface area contributed by atoms with E-state index in [-0.39, 0.29) is 6.10 Å². The largest absolute Gasteiger partial charge is 0.490 e. The number of nitrogens with one attached hydrogen (secondary N) is 1. The molecule has 6 nitrogen and oxygen atoms in total. The second-order valence-corrected chi connectivity index (χ2v) is 4.00. The number of carbonyl (C=O) groups is 1. The molecule has 0 saturated carbocycles. The van der Waals surface area contributed by atoms with Crippen molar-refractivity contribution >= 4 is 5.97 Å². The lowest BCUT2D eigenvalue weighted by Crippen LogP contribution is -2.33. The van der Waals surface area contributed by atoms with E-state index in [0.29, 0.717) is 5.88 Å². The molecule has 1 unspecified atom stereocenters. The Hall–Kier alpha value is -1.87. The van der Waals surface area contributed by atoms with Crippen molar-refractivity contribution in [2.75, 3.05) is 26.8 Å². The number of aliphatic carboxylic acids is 1. The zero-order valence-electron chi connectivity index (χ0n) is 11.2. The van der Waals surface area contributed by atoms with Gasteiger partial charge >= 0.3 is 12.1 Å². The molecular weight excluding hydrogens is 293 g/mol. The van der Waals surface area contributed by atoms with Crippen LogP contribution in [0.3, 0.4) is 0 Å². The number of rotatable bonds is 2. The van der Waals surface area contributed by atoms with Crippen molar-refractivity contribution in [2.24, 2.45) is 0 Å². The highest BCUT2D eigenvalue weighted by Crippen LogP contribution is 2.19. The van der Waals surface area contributed by atoms with Crippen LogP contribution in [0.25, 0.3) is 0 Å². The van der Waals surface area contributed by atoms with Gasteiger partial charge < -0.3 is 19.9 Å². The molecule has 2 heterocycles. The van der Waals surface area contributed by atoms with Crippen molar-refractivity contribution in [3.05, 3.63) is 23.9 Å². The molecule has 0 aliphatic carbocycles. The van der Waals surface area contributed by atoms with Crippen molar-refractivity contribution in [3.8, 4) is 5.88 Å². The number of pyridine rings is 1. The zero-order valence-corrected chi connectivity index (χ0v) is 11.2. The standard InChI is InChI=1S/C10H14N2O2.C2HF3O2/c1-13-10-3-2-8(6-12-10)9-7-11-4-5-14-9;3-2(4,5)1(6)7/h2-3,6,9,11H,4-5,7H2,1H3;(H,6,7). The predicted molar refractivity (Wildman–Crippen MR) is 66.0 cm³/mol. The van der Waals surface area contributed by atoms with Crippen LogP contribution in [0.5, 0.6) is 5.88 Å². The minimum absolute atomic E-state index is 0.127. The van der Waals surface area contributed by atoms with E-state index < -0.39 is 12.1 Å². The van der Waals surface area contributed by atoms with Gasteiger partial charge in [-0.2, -0.15) is 13.2 Å². The average Bonchev–Trinajstić information content (AvgIpc) is 2.48. The number of methoxy groups -OCH3 is 1. The van der Waals surface area contributed by atoms with Gasteiger partial charge in [0.1, 0.15) is 0 Å². The first kappa shape index (κ1) is 17.2. The van der Waals surface area contributed by atoms with E-state index in [4.69, 9.17) is 19.4 Å². The maximum atomic E-state index is 10.6. The topological polar surface area (TPSA) is 80.7 Å². The summed E-state index contributed by atoms with van der Waals surface area (Å²) < 4.78 is 42.3. The fraction of sp³-hybridized carbons (Fsp3) is 0.500. The van der Waals surface area contributed by atoms with Gasteiger partial charge in [-0.25, -0.2) is 9.78 Å². The average molecular weight is 308 g/mol. The van der Waals surface area contributed by atoms with Crippen LogP contribution in [0.1, 0.15) is 11.7 Å². The quantitative estimate of drug-likeness (QED) is 0.859. The lowest BCUT2D eigenvalue weighted by molar-refractivity contribution is -0.192. The molecule has 118 valence electrons. The van der Waals surface area contributed by atoms with Crippen LogP contribution in [-0.2, 0) is 9.53 Å². The Labute approximate surface area is 118 Å². The minimum atomic E-state index is -5.08. The van der Waals surface area contributed by atoms with Gasteiger partial charge in [0.05, 0.1) is 19.8 Å². The molecule has 1 aliphatic rings. The smallest absolute Gasteiger partial charge is 0.481 e. The van der Waals surface area contributed by atoms with E-state index in [1.807, 2.05) is 12.1 Å². The zero-order chi connectivity index (χ0) is 15.9. The summed E-state index contributed by atoms with van der Waals surface area (Å²) in [5.41, 5.74) is 1.10. The van der Waals surface area contributed by atoms with Gasteiger partial charge in [-0.15, -0.1) is 0 Å². The first-order valence-electron chi connectivity index (χ1n) is 5.97. The number of ether oxygens (including phenoxy) is 2. The molecule has 2 N–H and O–H groups in total. The molecule has 1 aromatic heterocycles. The number of aromatic nitrogens is 1. The molecule has 0 bridgehead atoms. The monoisotopic (exact) mass is 308 g/mol. The van der Waals surface area contributed by atoms with E-state index in [2.05, 4.69) is 10.3 Å². The summed E-state index contributed by atoms with van der Waals surface area (Å²) in [5, 5.41) is 10.4. The molecular formula is C12H15F3N2O4. The molecule has 1 saturated heterocycles. The molecule has 9 heteroatoms. The van der Waals surface area contributed by atoms with E-state index in [1.54, 1.807) is 13.3 Å². The third-order valence-electron chi connectivity index (χ3n) is 2.51. The third-order valence-corrected chi connectivity index (χ3v) is 2.51. The van der Waals surface area contributed by atoms with Gasteiger partial charge in [0.25, 0.3) is 0 Å². The van der Waals surface area contributed by atoms with Gasteiger partial charge in [0.15, 0.2) is 0 Å². The molecule has 1 atom stereocenters. The Kier molecular flexibility index (Phi) is 6.38. The van der Waals surface area contributed by atoms with Crippen molar-refractivity contribution in [1.29, 1.82) is 0 Å². The Morgan fingerprint density at radius 3 is 2.57 bits per heavy atom. The molecule has 0 radical (unpaired) electrons. The van der Waals surface area contributed by atoms with E-state index in [9.17, 15) is 13.2 Å². The number of carboxylic acid groups (broad SMARTS) is 1. The highest BCUT2D eigenvalue weighted by Gasteiger charge is 2.38. The third kappa shape index (κ3) is 5.96. The van der Waals surface area contributed by atoms with E-state index in [0.717, 1.165) is 25.3 Å².